The van der Waals surface area contributed by atoms with E-state index < -0.39 is 0 Å². The number of anilines is 4. The third-order valence-electron chi connectivity index (χ3n) is 6.59. The Morgan fingerprint density at radius 1 is 0.500 bits per heavy atom. The summed E-state index contributed by atoms with van der Waals surface area (Å²) in [6, 6.07) is 51.0. The molecule has 2 heterocycles. The van der Waals surface area contributed by atoms with E-state index in [1.807, 2.05) is 91.3 Å². The molecule has 0 aliphatic heterocycles. The molecule has 5 heteroatoms. The Kier molecular flexibility index (Phi) is 9.67. The lowest BCUT2D eigenvalue weighted by Crippen LogP contribution is -2.22. The highest BCUT2D eigenvalue weighted by Gasteiger charge is 2.12. The minimum absolute atomic E-state index is 0.417. The number of rotatable bonds is 8. The molecule has 6 aromatic rings. The lowest BCUT2D eigenvalue weighted by atomic mass is 10.1. The molecule has 0 amide bonds. The minimum Gasteiger partial charge on any atom is -0.362 e. The van der Waals surface area contributed by atoms with Gasteiger partial charge in [0.25, 0.3) is 0 Å². The van der Waals surface area contributed by atoms with Crippen molar-refractivity contribution in [3.8, 4) is 6.07 Å². The van der Waals surface area contributed by atoms with Gasteiger partial charge in [-0.05, 0) is 59.7 Å². The van der Waals surface area contributed by atoms with Gasteiger partial charge in [0.2, 0.25) is 0 Å². The highest BCUT2D eigenvalue weighted by atomic mass is 15.1. The quantitative estimate of drug-likeness (QED) is 0.191. The van der Waals surface area contributed by atoms with E-state index >= 15 is 0 Å². The number of nitrogens with zero attached hydrogens (tertiary/aromatic N) is 5. The third kappa shape index (κ3) is 7.68. The molecule has 5 nitrogen and oxygen atoms in total. The first-order valence-electron chi connectivity index (χ1n) is 13.8. The Bertz CT molecular complexity index is 1570. The fourth-order valence-electron chi connectivity index (χ4n) is 4.57. The molecule has 0 bridgehead atoms. The molecular weight excluding hydrogens is 514 g/mol. The first-order valence-corrected chi connectivity index (χ1v) is 13.8. The fraction of sp³-hybridized carbons (Fsp3) is 0.0541. The summed E-state index contributed by atoms with van der Waals surface area (Å²) in [6.07, 6.45) is 5.46. The average molecular weight is 546 g/mol. The molecule has 0 atom stereocenters. The zero-order valence-electron chi connectivity index (χ0n) is 23.2. The molecule has 0 unspecified atom stereocenters. The molecule has 0 N–H and O–H groups in total. The number of hydrogen-bond donors (Lipinski definition) is 0. The average Bonchev–Trinajstić information content (AvgIpc) is 3.08. The summed E-state index contributed by atoms with van der Waals surface area (Å²) in [5.74, 6) is 0. The van der Waals surface area contributed by atoms with E-state index in [0.717, 1.165) is 35.8 Å². The second-order valence-corrected chi connectivity index (χ2v) is 9.56. The molecule has 4 aromatic carbocycles. The van der Waals surface area contributed by atoms with Crippen LogP contribution in [0.4, 0.5) is 22.7 Å². The number of pyridine rings is 2. The molecule has 2 aromatic heterocycles. The molecule has 0 radical (unpaired) electrons. The highest BCUT2D eigenvalue weighted by molar-refractivity contribution is 5.75. The lowest BCUT2D eigenvalue weighted by Gasteiger charge is -2.24. The summed E-state index contributed by atoms with van der Waals surface area (Å²) < 4.78 is 0. The molecule has 204 valence electrons. The van der Waals surface area contributed by atoms with Crippen LogP contribution in [0.3, 0.4) is 0 Å². The smallest absolute Gasteiger partial charge is 0.140 e. The maximum Gasteiger partial charge on any atom is 0.140 e. The van der Waals surface area contributed by atoms with Gasteiger partial charge in [-0.1, -0.05) is 97.1 Å². The van der Waals surface area contributed by atoms with E-state index in [1.165, 1.54) is 11.1 Å². The van der Waals surface area contributed by atoms with Crippen molar-refractivity contribution in [1.29, 1.82) is 5.26 Å². The number of aromatic nitrogens is 2. The summed E-state index contributed by atoms with van der Waals surface area (Å²) in [5.41, 5.74) is 7.19. The molecule has 0 aliphatic carbocycles. The van der Waals surface area contributed by atoms with Crippen molar-refractivity contribution in [2.45, 2.75) is 13.1 Å². The van der Waals surface area contributed by atoms with E-state index in [4.69, 9.17) is 5.26 Å². The summed E-state index contributed by atoms with van der Waals surface area (Å²) in [6.45, 7) is 1.75. The van der Waals surface area contributed by atoms with Gasteiger partial charge in [-0.15, -0.1) is 0 Å². The van der Waals surface area contributed by atoms with Gasteiger partial charge >= 0.3 is 0 Å². The Balaban J connectivity index is 0.000000168. The standard InChI is InChI=1S/C19H18N2.C18H13N3/c1-3-8-17(9-4-1)15-21(19-12-7-13-20-14-19)16-18-10-5-2-6-11-18;19-13-15-11-12-18(14-20-15)21(16-7-3-1-4-8-16)17-9-5-2-6-10-17/h1-14H,15-16H2;1-12,14H. The molecule has 0 spiro atoms. The topological polar surface area (TPSA) is 56.1 Å². The van der Waals surface area contributed by atoms with E-state index in [-0.39, 0.29) is 0 Å². The fourth-order valence-corrected chi connectivity index (χ4v) is 4.57. The van der Waals surface area contributed by atoms with Crippen molar-refractivity contribution < 1.29 is 0 Å². The molecule has 0 saturated heterocycles. The van der Waals surface area contributed by atoms with Gasteiger partial charge in [-0.2, -0.15) is 5.26 Å². The molecule has 6 rings (SSSR count). The predicted octanol–water partition coefficient (Wildman–Crippen LogP) is 8.71. The van der Waals surface area contributed by atoms with Crippen LogP contribution in [-0.2, 0) is 13.1 Å². The molecule has 42 heavy (non-hydrogen) atoms. The third-order valence-corrected chi connectivity index (χ3v) is 6.59. The van der Waals surface area contributed by atoms with Gasteiger partial charge in [-0.25, -0.2) is 4.98 Å². The zero-order valence-corrected chi connectivity index (χ0v) is 23.2. The Hall–Kier alpha value is -5.73. The molecular formula is C37H31N5. The van der Waals surface area contributed by atoms with Crippen LogP contribution in [0.1, 0.15) is 16.8 Å². The molecule has 0 fully saturated rings. The van der Waals surface area contributed by atoms with E-state index in [0.29, 0.717) is 5.69 Å². The maximum atomic E-state index is 8.88. The zero-order chi connectivity index (χ0) is 28.8. The summed E-state index contributed by atoms with van der Waals surface area (Å²) >= 11 is 0. The molecule has 0 saturated carbocycles. The SMILES string of the molecule is N#Cc1ccc(N(c2ccccc2)c2ccccc2)cn1.c1ccc(CN(Cc2ccccc2)c2cccnc2)cc1. The van der Waals surface area contributed by atoms with E-state index in [9.17, 15) is 0 Å². The van der Waals surface area contributed by atoms with Crippen LogP contribution in [0.2, 0.25) is 0 Å². The van der Waals surface area contributed by atoms with Gasteiger partial charge in [0, 0.05) is 30.7 Å². The summed E-state index contributed by atoms with van der Waals surface area (Å²) in [5, 5.41) is 8.88. The van der Waals surface area contributed by atoms with Crippen LogP contribution in [0.5, 0.6) is 0 Å². The normalized spacial score (nSPS) is 10.1. The van der Waals surface area contributed by atoms with Crippen LogP contribution < -0.4 is 9.80 Å². The summed E-state index contributed by atoms with van der Waals surface area (Å²) in [4.78, 5) is 12.9. The van der Waals surface area contributed by atoms with Crippen molar-refractivity contribution >= 4 is 22.7 Å². The first kappa shape index (κ1) is 27.8. The summed E-state index contributed by atoms with van der Waals surface area (Å²) in [7, 11) is 0. The highest BCUT2D eigenvalue weighted by Crippen LogP contribution is 2.33. The van der Waals surface area contributed by atoms with Crippen LogP contribution in [0, 0.1) is 11.3 Å². The second kappa shape index (κ2) is 14.6. The van der Waals surface area contributed by atoms with Crippen LogP contribution in [0.15, 0.2) is 164 Å². The largest absolute Gasteiger partial charge is 0.362 e. The Morgan fingerprint density at radius 3 is 1.43 bits per heavy atom. The number of benzene rings is 4. The number of hydrogen-bond acceptors (Lipinski definition) is 5. The minimum atomic E-state index is 0.417. The van der Waals surface area contributed by atoms with Crippen molar-refractivity contribution in [2.75, 3.05) is 9.80 Å². The molecule has 0 aliphatic rings. The Morgan fingerprint density at radius 2 is 1.00 bits per heavy atom. The van der Waals surface area contributed by atoms with E-state index in [2.05, 4.69) is 86.5 Å². The van der Waals surface area contributed by atoms with Gasteiger partial charge in [0.15, 0.2) is 0 Å². The van der Waals surface area contributed by atoms with Crippen LogP contribution >= 0.6 is 0 Å². The number of para-hydroxylation sites is 2. The van der Waals surface area contributed by atoms with Gasteiger partial charge < -0.3 is 9.80 Å². The first-order chi connectivity index (χ1) is 20.8. The van der Waals surface area contributed by atoms with Crippen molar-refractivity contribution in [3.63, 3.8) is 0 Å². The lowest BCUT2D eigenvalue weighted by molar-refractivity contribution is 0.797. The van der Waals surface area contributed by atoms with Crippen LogP contribution in [0.25, 0.3) is 0 Å². The van der Waals surface area contributed by atoms with Gasteiger partial charge in [0.1, 0.15) is 11.8 Å². The number of nitriles is 1. The monoisotopic (exact) mass is 545 g/mol. The van der Waals surface area contributed by atoms with Gasteiger partial charge in [0.05, 0.1) is 23.8 Å². The maximum absolute atomic E-state index is 8.88. The van der Waals surface area contributed by atoms with Crippen LogP contribution in [-0.4, -0.2) is 9.97 Å². The van der Waals surface area contributed by atoms with Gasteiger partial charge in [-0.3, -0.25) is 4.98 Å². The van der Waals surface area contributed by atoms with Crippen molar-refractivity contribution in [2.24, 2.45) is 0 Å². The van der Waals surface area contributed by atoms with E-state index in [1.54, 1.807) is 12.3 Å². The Labute approximate surface area is 247 Å². The predicted molar refractivity (Wildman–Crippen MR) is 171 cm³/mol. The van der Waals surface area contributed by atoms with Crippen molar-refractivity contribution in [1.82, 2.24) is 9.97 Å². The van der Waals surface area contributed by atoms with Crippen molar-refractivity contribution in [3.05, 3.63) is 181 Å². The second-order valence-electron chi connectivity index (χ2n) is 9.56.